The number of rotatable bonds is 2. The molecule has 1 amide bonds. The number of aromatic nitrogens is 1. The normalized spacial score (nSPS) is 15.6. The first-order valence-electron chi connectivity index (χ1n) is 10.1. The van der Waals surface area contributed by atoms with Gasteiger partial charge in [0.2, 0.25) is 5.76 Å². The van der Waals surface area contributed by atoms with Crippen molar-refractivity contribution in [2.24, 2.45) is 0 Å². The zero-order chi connectivity index (χ0) is 22.0. The van der Waals surface area contributed by atoms with Crippen LogP contribution >= 0.6 is 11.3 Å². The lowest BCUT2D eigenvalue weighted by Crippen LogP contribution is -2.29. The number of hydrogen-bond donors (Lipinski definition) is 1. The van der Waals surface area contributed by atoms with E-state index in [0.717, 1.165) is 15.8 Å². The summed E-state index contributed by atoms with van der Waals surface area (Å²) < 4.78 is 6.91. The molecular weight excluding hydrogens is 424 g/mol. The maximum absolute atomic E-state index is 13.6. The number of carbonyl (C=O) groups is 1. The summed E-state index contributed by atoms with van der Waals surface area (Å²) in [6.07, 6.45) is 0. The quantitative estimate of drug-likeness (QED) is 0.410. The van der Waals surface area contributed by atoms with E-state index in [9.17, 15) is 14.7 Å². The molecule has 1 aliphatic heterocycles. The zero-order valence-electron chi connectivity index (χ0n) is 16.9. The molecule has 5 aromatic rings. The number of thiazole rings is 1. The third-order valence-corrected chi connectivity index (χ3v) is 6.74. The molecule has 1 atom stereocenters. The predicted molar refractivity (Wildman–Crippen MR) is 124 cm³/mol. The average molecular weight is 440 g/mol. The van der Waals surface area contributed by atoms with Crippen molar-refractivity contribution < 1.29 is 14.3 Å². The highest BCUT2D eigenvalue weighted by atomic mass is 32.1. The second-order valence-electron chi connectivity index (χ2n) is 7.81. The number of amides is 1. The topological polar surface area (TPSA) is 83.6 Å². The van der Waals surface area contributed by atoms with E-state index in [1.165, 1.54) is 16.2 Å². The molecule has 1 aliphatic rings. The summed E-state index contributed by atoms with van der Waals surface area (Å²) in [6.45, 7) is 2.00. The number of fused-ring (bicyclic) bond motifs is 3. The number of aromatic hydroxyl groups is 1. The monoisotopic (exact) mass is 440 g/mol. The van der Waals surface area contributed by atoms with Crippen LogP contribution in [0.4, 0.5) is 5.13 Å². The van der Waals surface area contributed by atoms with E-state index >= 15 is 0 Å². The Morgan fingerprint density at radius 2 is 1.81 bits per heavy atom. The van der Waals surface area contributed by atoms with Crippen LogP contribution in [0, 0.1) is 6.92 Å². The number of para-hydroxylation sites is 1. The predicted octanol–water partition coefficient (Wildman–Crippen LogP) is 5.17. The molecule has 3 heterocycles. The van der Waals surface area contributed by atoms with Crippen LogP contribution in [0.2, 0.25) is 0 Å². The van der Waals surface area contributed by atoms with Gasteiger partial charge < -0.3 is 9.52 Å². The summed E-state index contributed by atoms with van der Waals surface area (Å²) in [6, 6.07) is 18.6. The van der Waals surface area contributed by atoms with Crippen LogP contribution < -0.4 is 10.3 Å². The number of hydrogen-bond acceptors (Lipinski definition) is 6. The second-order valence-corrected chi connectivity index (χ2v) is 8.82. The van der Waals surface area contributed by atoms with Crippen LogP contribution in [0.3, 0.4) is 0 Å². The lowest BCUT2D eigenvalue weighted by molar-refractivity contribution is 0.0971. The van der Waals surface area contributed by atoms with Gasteiger partial charge in [0.15, 0.2) is 10.6 Å². The van der Waals surface area contributed by atoms with E-state index in [1.54, 1.807) is 48.5 Å². The van der Waals surface area contributed by atoms with Crippen LogP contribution in [0.15, 0.2) is 75.9 Å². The lowest BCUT2D eigenvalue weighted by atomic mass is 9.98. The molecule has 7 heteroatoms. The van der Waals surface area contributed by atoms with Gasteiger partial charge in [-0.25, -0.2) is 4.98 Å². The van der Waals surface area contributed by atoms with Crippen molar-refractivity contribution in [1.82, 2.24) is 4.98 Å². The molecule has 1 N–H and O–H groups in total. The summed E-state index contributed by atoms with van der Waals surface area (Å²) in [7, 11) is 0. The van der Waals surface area contributed by atoms with Crippen LogP contribution in [0.5, 0.6) is 5.75 Å². The Morgan fingerprint density at radius 3 is 2.62 bits per heavy atom. The highest BCUT2D eigenvalue weighted by Gasteiger charge is 2.45. The van der Waals surface area contributed by atoms with Crippen molar-refractivity contribution in [2.45, 2.75) is 13.0 Å². The number of anilines is 1. The largest absolute Gasteiger partial charge is 0.508 e. The van der Waals surface area contributed by atoms with E-state index in [1.807, 2.05) is 25.1 Å². The van der Waals surface area contributed by atoms with E-state index in [-0.39, 0.29) is 22.5 Å². The summed E-state index contributed by atoms with van der Waals surface area (Å²) in [4.78, 5) is 33.3. The van der Waals surface area contributed by atoms with E-state index < -0.39 is 11.9 Å². The van der Waals surface area contributed by atoms with Gasteiger partial charge in [0.1, 0.15) is 11.3 Å². The average Bonchev–Trinajstić information content (AvgIpc) is 3.33. The number of carbonyl (C=O) groups excluding carboxylic acids is 1. The molecule has 3 aromatic carbocycles. The van der Waals surface area contributed by atoms with Crippen molar-refractivity contribution in [2.75, 3.05) is 4.90 Å². The van der Waals surface area contributed by atoms with Gasteiger partial charge in [-0.3, -0.25) is 14.5 Å². The lowest BCUT2D eigenvalue weighted by Gasteiger charge is -2.22. The molecule has 0 spiro atoms. The number of aryl methyl sites for hydroxylation is 1. The number of nitrogens with zero attached hydrogens (tertiary/aromatic N) is 2. The second kappa shape index (κ2) is 6.77. The van der Waals surface area contributed by atoms with Crippen molar-refractivity contribution in [1.29, 1.82) is 0 Å². The number of phenols is 1. The molecule has 0 saturated carbocycles. The van der Waals surface area contributed by atoms with Gasteiger partial charge >= 0.3 is 0 Å². The van der Waals surface area contributed by atoms with Gasteiger partial charge in [0.25, 0.3) is 5.91 Å². The minimum atomic E-state index is -0.708. The number of phenolic OH excluding ortho intramolecular Hbond substituents is 1. The molecule has 32 heavy (non-hydrogen) atoms. The first-order valence-corrected chi connectivity index (χ1v) is 10.9. The Labute approximate surface area is 186 Å². The Morgan fingerprint density at radius 1 is 1.03 bits per heavy atom. The summed E-state index contributed by atoms with van der Waals surface area (Å²) in [5.41, 5.74) is 2.99. The van der Waals surface area contributed by atoms with Crippen molar-refractivity contribution >= 4 is 43.6 Å². The minimum absolute atomic E-state index is 0.0298. The highest BCUT2D eigenvalue weighted by molar-refractivity contribution is 7.22. The summed E-state index contributed by atoms with van der Waals surface area (Å²) in [5.74, 6) is -0.273. The first-order chi connectivity index (χ1) is 15.5. The smallest absolute Gasteiger partial charge is 0.297 e. The molecule has 0 bridgehead atoms. The summed E-state index contributed by atoms with van der Waals surface area (Å²) >= 11 is 1.40. The van der Waals surface area contributed by atoms with E-state index in [4.69, 9.17) is 9.40 Å². The fraction of sp³-hybridized carbons (Fsp3) is 0.0800. The van der Waals surface area contributed by atoms with Crippen LogP contribution in [0.25, 0.3) is 21.2 Å². The fourth-order valence-electron chi connectivity index (χ4n) is 4.21. The van der Waals surface area contributed by atoms with Gasteiger partial charge in [-0.05, 0) is 54.4 Å². The molecule has 6 nitrogen and oxygen atoms in total. The van der Waals surface area contributed by atoms with Crippen molar-refractivity contribution in [3.8, 4) is 5.75 Å². The summed E-state index contributed by atoms with van der Waals surface area (Å²) in [5, 5.41) is 10.7. The Hall–Kier alpha value is -3.97. The Balaban J connectivity index is 1.64. The Kier molecular flexibility index (Phi) is 3.97. The molecule has 0 aliphatic carbocycles. The molecular formula is C25H16N2O4S. The molecule has 0 radical (unpaired) electrons. The van der Waals surface area contributed by atoms with Crippen LogP contribution in [-0.4, -0.2) is 16.0 Å². The first kappa shape index (κ1) is 18.8. The fourth-order valence-corrected chi connectivity index (χ4v) is 5.30. The van der Waals surface area contributed by atoms with Crippen LogP contribution in [-0.2, 0) is 0 Å². The Bertz CT molecular complexity index is 1600. The SMILES string of the molecule is Cc1ccc2nc(N3C(=O)c4oc5ccccc5c(=O)c4[C@H]3c3ccc(O)cc3)sc2c1. The third kappa shape index (κ3) is 2.68. The minimum Gasteiger partial charge on any atom is -0.508 e. The van der Waals surface area contributed by atoms with Gasteiger partial charge in [0, 0.05) is 0 Å². The zero-order valence-corrected chi connectivity index (χ0v) is 17.7. The van der Waals surface area contributed by atoms with Gasteiger partial charge in [-0.15, -0.1) is 0 Å². The van der Waals surface area contributed by atoms with Gasteiger partial charge in [-0.1, -0.05) is 41.7 Å². The number of benzene rings is 3. The third-order valence-electron chi connectivity index (χ3n) is 5.73. The van der Waals surface area contributed by atoms with Gasteiger partial charge in [-0.2, -0.15) is 0 Å². The van der Waals surface area contributed by atoms with E-state index in [0.29, 0.717) is 21.7 Å². The van der Waals surface area contributed by atoms with Crippen molar-refractivity contribution in [3.05, 3.63) is 99.4 Å². The van der Waals surface area contributed by atoms with E-state index in [2.05, 4.69) is 0 Å². The maximum atomic E-state index is 13.6. The molecule has 0 saturated heterocycles. The van der Waals surface area contributed by atoms with Crippen LogP contribution in [0.1, 0.15) is 33.3 Å². The maximum Gasteiger partial charge on any atom is 0.297 e. The molecule has 0 fully saturated rings. The molecule has 2 aromatic heterocycles. The molecule has 6 rings (SSSR count). The van der Waals surface area contributed by atoms with Gasteiger partial charge in [0.05, 0.1) is 27.2 Å². The molecule has 0 unspecified atom stereocenters. The molecule has 156 valence electrons. The van der Waals surface area contributed by atoms with Crippen molar-refractivity contribution in [3.63, 3.8) is 0 Å². The highest BCUT2D eigenvalue weighted by Crippen LogP contribution is 2.43. The standard InChI is InChI=1S/C25H16N2O4S/c1-13-6-11-17-19(12-13)32-25(26-17)27-21(14-7-9-15(28)10-8-14)20-22(29)16-4-2-3-5-18(16)31-23(20)24(27)30/h2-12,21,28H,1H3/t21-/m1/s1.